The van der Waals surface area contributed by atoms with Crippen molar-refractivity contribution in [3.05, 3.63) is 27.7 Å². The van der Waals surface area contributed by atoms with Crippen molar-refractivity contribution in [2.24, 2.45) is 0 Å². The van der Waals surface area contributed by atoms with Crippen LogP contribution in [0.3, 0.4) is 0 Å². The molecule has 2 rings (SSSR count). The molecule has 0 atom stereocenters. The SMILES string of the molecule is C[SiH](C)OCc1c(Br)ccc(OCCN2CCCC2)c1C(C)(C)C. The van der Waals surface area contributed by atoms with Gasteiger partial charge in [-0.15, -0.1) is 0 Å². The Morgan fingerprint density at radius 3 is 2.42 bits per heavy atom. The van der Waals surface area contributed by atoms with E-state index in [0.717, 1.165) is 23.4 Å². The normalized spacial score (nSPS) is 16.1. The highest BCUT2D eigenvalue weighted by Gasteiger charge is 2.25. The molecule has 5 heteroatoms. The van der Waals surface area contributed by atoms with Crippen molar-refractivity contribution in [2.75, 3.05) is 26.2 Å². The van der Waals surface area contributed by atoms with Gasteiger partial charge in [0.25, 0.3) is 0 Å². The van der Waals surface area contributed by atoms with Crippen LogP contribution in [-0.4, -0.2) is 40.2 Å². The quantitative estimate of drug-likeness (QED) is 0.603. The molecule has 1 aromatic carbocycles. The molecule has 0 saturated carbocycles. The van der Waals surface area contributed by atoms with Crippen molar-refractivity contribution in [3.63, 3.8) is 0 Å². The Morgan fingerprint density at radius 2 is 1.83 bits per heavy atom. The summed E-state index contributed by atoms with van der Waals surface area (Å²) in [4.78, 5) is 2.49. The maximum atomic E-state index is 6.22. The van der Waals surface area contributed by atoms with E-state index in [9.17, 15) is 0 Å². The second-order valence-corrected chi connectivity index (χ2v) is 11.2. The molecule has 1 aliphatic heterocycles. The zero-order chi connectivity index (χ0) is 17.7. The molecule has 0 bridgehead atoms. The van der Waals surface area contributed by atoms with E-state index in [0.29, 0.717) is 6.61 Å². The molecule has 0 radical (unpaired) electrons. The zero-order valence-corrected chi connectivity index (χ0v) is 18.6. The number of ether oxygens (including phenoxy) is 1. The lowest BCUT2D eigenvalue weighted by Gasteiger charge is -2.28. The number of nitrogens with zero attached hydrogens (tertiary/aromatic N) is 1. The van der Waals surface area contributed by atoms with E-state index in [1.54, 1.807) is 0 Å². The lowest BCUT2D eigenvalue weighted by Crippen LogP contribution is -2.26. The summed E-state index contributed by atoms with van der Waals surface area (Å²) in [6.45, 7) is 16.0. The third kappa shape index (κ3) is 5.58. The molecule has 0 amide bonds. The molecule has 0 N–H and O–H groups in total. The highest BCUT2D eigenvalue weighted by molar-refractivity contribution is 9.10. The predicted molar refractivity (Wildman–Crippen MR) is 108 cm³/mol. The Hall–Kier alpha value is -0.363. The first-order valence-electron chi connectivity index (χ1n) is 9.07. The maximum absolute atomic E-state index is 6.22. The Labute approximate surface area is 157 Å². The summed E-state index contributed by atoms with van der Waals surface area (Å²) in [5.74, 6) is 1.01. The number of benzene rings is 1. The molecule has 1 heterocycles. The minimum Gasteiger partial charge on any atom is -0.492 e. The fourth-order valence-corrected chi connectivity index (χ4v) is 4.17. The van der Waals surface area contributed by atoms with Crippen LogP contribution < -0.4 is 4.74 Å². The van der Waals surface area contributed by atoms with Crippen LogP contribution in [0.1, 0.15) is 44.7 Å². The van der Waals surface area contributed by atoms with E-state index >= 15 is 0 Å². The summed E-state index contributed by atoms with van der Waals surface area (Å²) in [5.41, 5.74) is 2.53. The van der Waals surface area contributed by atoms with Crippen LogP contribution in [0.2, 0.25) is 13.1 Å². The van der Waals surface area contributed by atoms with Crippen LogP contribution in [0.25, 0.3) is 0 Å². The van der Waals surface area contributed by atoms with Gasteiger partial charge in [0, 0.05) is 16.6 Å². The summed E-state index contributed by atoms with van der Waals surface area (Å²) in [7, 11) is -1.06. The molecule has 1 saturated heterocycles. The molecular weight excluding hydrogens is 382 g/mol. The second kappa shape index (κ2) is 8.83. The summed E-state index contributed by atoms with van der Waals surface area (Å²) in [5, 5.41) is 0. The van der Waals surface area contributed by atoms with Gasteiger partial charge in [-0.05, 0) is 62.1 Å². The van der Waals surface area contributed by atoms with Crippen molar-refractivity contribution in [1.82, 2.24) is 4.90 Å². The average molecular weight is 414 g/mol. The van der Waals surface area contributed by atoms with E-state index in [1.165, 1.54) is 37.1 Å². The van der Waals surface area contributed by atoms with Crippen molar-refractivity contribution in [2.45, 2.75) is 58.7 Å². The molecule has 24 heavy (non-hydrogen) atoms. The molecule has 1 aliphatic rings. The Bertz CT molecular complexity index is 537. The molecule has 0 spiro atoms. The number of rotatable bonds is 7. The van der Waals surface area contributed by atoms with Crippen molar-refractivity contribution in [3.8, 4) is 5.75 Å². The average Bonchev–Trinajstić information content (AvgIpc) is 2.99. The van der Waals surface area contributed by atoms with E-state index in [2.05, 4.69) is 66.8 Å². The van der Waals surface area contributed by atoms with Crippen molar-refractivity contribution < 1.29 is 9.16 Å². The highest BCUT2D eigenvalue weighted by Crippen LogP contribution is 2.38. The highest BCUT2D eigenvalue weighted by atomic mass is 79.9. The summed E-state index contributed by atoms with van der Waals surface area (Å²) >= 11 is 3.72. The van der Waals surface area contributed by atoms with Gasteiger partial charge in [0.05, 0.1) is 6.61 Å². The van der Waals surface area contributed by atoms with Crippen LogP contribution in [0.15, 0.2) is 16.6 Å². The lowest BCUT2D eigenvalue weighted by atomic mass is 9.83. The summed E-state index contributed by atoms with van der Waals surface area (Å²) in [6, 6.07) is 4.20. The van der Waals surface area contributed by atoms with Crippen LogP contribution in [0, 0.1) is 0 Å². The largest absolute Gasteiger partial charge is 0.492 e. The summed E-state index contributed by atoms with van der Waals surface area (Å²) < 4.78 is 13.4. The predicted octanol–water partition coefficient (Wildman–Crippen LogP) is 4.72. The molecule has 1 fully saturated rings. The Kier molecular flexibility index (Phi) is 7.34. The molecule has 1 aromatic rings. The second-order valence-electron chi connectivity index (χ2n) is 7.91. The van der Waals surface area contributed by atoms with Gasteiger partial charge in [0.1, 0.15) is 12.4 Å². The van der Waals surface area contributed by atoms with Crippen molar-refractivity contribution >= 4 is 25.0 Å². The Balaban J connectivity index is 2.17. The van der Waals surface area contributed by atoms with Gasteiger partial charge >= 0.3 is 0 Å². The number of hydrogen-bond acceptors (Lipinski definition) is 3. The smallest absolute Gasteiger partial charge is 0.171 e. The van der Waals surface area contributed by atoms with E-state index in [1.807, 2.05) is 0 Å². The van der Waals surface area contributed by atoms with E-state index in [4.69, 9.17) is 9.16 Å². The summed E-state index contributed by atoms with van der Waals surface area (Å²) in [6.07, 6.45) is 2.65. The number of hydrogen-bond donors (Lipinski definition) is 0. The van der Waals surface area contributed by atoms with Crippen LogP contribution in [0.4, 0.5) is 0 Å². The van der Waals surface area contributed by atoms with Gasteiger partial charge in [-0.25, -0.2) is 0 Å². The first-order chi connectivity index (χ1) is 11.3. The van der Waals surface area contributed by atoms with Crippen molar-refractivity contribution in [1.29, 1.82) is 0 Å². The van der Waals surface area contributed by atoms with E-state index in [-0.39, 0.29) is 5.41 Å². The van der Waals surface area contributed by atoms with Crippen LogP contribution in [0.5, 0.6) is 5.75 Å². The molecule has 3 nitrogen and oxygen atoms in total. The van der Waals surface area contributed by atoms with Crippen LogP contribution in [-0.2, 0) is 16.4 Å². The molecule has 0 aromatic heterocycles. The minimum absolute atomic E-state index is 0.0178. The fourth-order valence-electron chi connectivity index (χ4n) is 3.23. The third-order valence-corrected chi connectivity index (χ3v) is 5.97. The van der Waals surface area contributed by atoms with E-state index < -0.39 is 9.04 Å². The number of likely N-dealkylation sites (tertiary alicyclic amines) is 1. The fraction of sp³-hybridized carbons (Fsp3) is 0.684. The standard InChI is InChI=1S/C19H32BrNO2Si/c1-19(2,3)18-15(14-23-24(4)5)16(20)8-9-17(18)22-13-12-21-10-6-7-11-21/h8-9,24H,6-7,10-14H2,1-5H3. The lowest BCUT2D eigenvalue weighted by molar-refractivity contribution is 0.233. The first kappa shape index (κ1) is 20.0. The zero-order valence-electron chi connectivity index (χ0n) is 15.8. The molecular formula is C19H32BrNO2Si. The van der Waals surface area contributed by atoms with Gasteiger partial charge in [-0.3, -0.25) is 4.90 Å². The molecule has 0 aliphatic carbocycles. The maximum Gasteiger partial charge on any atom is 0.171 e. The van der Waals surface area contributed by atoms with Gasteiger partial charge in [0.2, 0.25) is 0 Å². The Morgan fingerprint density at radius 1 is 1.17 bits per heavy atom. The first-order valence-corrected chi connectivity index (χ1v) is 12.6. The topological polar surface area (TPSA) is 21.7 Å². The van der Waals surface area contributed by atoms with Gasteiger partial charge in [0.15, 0.2) is 9.04 Å². The molecule has 0 unspecified atom stereocenters. The molecule has 136 valence electrons. The monoisotopic (exact) mass is 413 g/mol. The van der Waals surface area contributed by atoms with Gasteiger partial charge < -0.3 is 9.16 Å². The number of halogens is 1. The van der Waals surface area contributed by atoms with Gasteiger partial charge in [-0.2, -0.15) is 0 Å². The van der Waals surface area contributed by atoms with Gasteiger partial charge in [-0.1, -0.05) is 36.7 Å². The van der Waals surface area contributed by atoms with Crippen LogP contribution >= 0.6 is 15.9 Å². The third-order valence-electron chi connectivity index (χ3n) is 4.39. The minimum atomic E-state index is -1.06.